The summed E-state index contributed by atoms with van der Waals surface area (Å²) in [4.78, 5) is 21.9. The standard InChI is InChI=1S/C24H39N5O.HI/c1-4-25-24(27-21-12-15-28(16-13-21)18-19(2)3)26-14-7-10-23(30)29-17-11-20-8-5-6-9-22(20)29;/h5-6,8-9,19,21H,4,7,10-18H2,1-3H3,(H2,25,26,27);1H. The molecule has 1 fully saturated rings. The maximum atomic E-state index is 12.6. The van der Waals surface area contributed by atoms with Crippen molar-refractivity contribution >= 4 is 41.5 Å². The lowest BCUT2D eigenvalue weighted by atomic mass is 10.0. The second-order valence-electron chi connectivity index (χ2n) is 8.90. The molecule has 2 heterocycles. The number of hydrogen-bond acceptors (Lipinski definition) is 3. The van der Waals surface area contributed by atoms with E-state index in [1.54, 1.807) is 0 Å². The lowest BCUT2D eigenvalue weighted by molar-refractivity contribution is -0.118. The number of carbonyl (C=O) groups is 1. The molecule has 1 aromatic carbocycles. The van der Waals surface area contributed by atoms with Crippen LogP contribution in [0, 0.1) is 5.92 Å². The minimum Gasteiger partial charge on any atom is -0.357 e. The van der Waals surface area contributed by atoms with Crippen LogP contribution in [0.2, 0.25) is 0 Å². The maximum Gasteiger partial charge on any atom is 0.227 e. The predicted octanol–water partition coefficient (Wildman–Crippen LogP) is 3.65. The summed E-state index contributed by atoms with van der Waals surface area (Å²) in [5, 5.41) is 6.96. The van der Waals surface area contributed by atoms with Gasteiger partial charge in [-0.15, -0.1) is 24.0 Å². The molecule has 2 N–H and O–H groups in total. The number of carbonyl (C=O) groups excluding carboxylic acids is 1. The van der Waals surface area contributed by atoms with Crippen molar-refractivity contribution < 1.29 is 4.79 Å². The normalized spacial score (nSPS) is 17.4. The quantitative estimate of drug-likeness (QED) is 0.228. The third-order valence-electron chi connectivity index (χ3n) is 5.90. The van der Waals surface area contributed by atoms with Gasteiger partial charge in [-0.2, -0.15) is 0 Å². The van der Waals surface area contributed by atoms with Crippen LogP contribution in [0.1, 0.15) is 52.0 Å². The maximum absolute atomic E-state index is 12.6. The SMILES string of the molecule is CCNC(=NCCCC(=O)N1CCc2ccccc21)NC1CCN(CC(C)C)CC1.I. The Kier molecular flexibility index (Phi) is 11.1. The van der Waals surface area contributed by atoms with Crippen molar-refractivity contribution in [1.82, 2.24) is 15.5 Å². The van der Waals surface area contributed by atoms with Crippen LogP contribution in [0.25, 0.3) is 0 Å². The predicted molar refractivity (Wildman–Crippen MR) is 141 cm³/mol. The zero-order chi connectivity index (χ0) is 21.3. The Bertz CT molecular complexity index is 716. The van der Waals surface area contributed by atoms with E-state index in [4.69, 9.17) is 4.99 Å². The van der Waals surface area contributed by atoms with Gasteiger partial charge in [-0.25, -0.2) is 0 Å². The molecular weight excluding hydrogens is 501 g/mol. The van der Waals surface area contributed by atoms with E-state index in [-0.39, 0.29) is 29.9 Å². The minimum atomic E-state index is 0. The van der Waals surface area contributed by atoms with E-state index in [2.05, 4.69) is 48.4 Å². The minimum absolute atomic E-state index is 0. The Balaban J connectivity index is 0.00000341. The van der Waals surface area contributed by atoms with Crippen LogP contribution in [0.4, 0.5) is 5.69 Å². The average Bonchev–Trinajstić information content (AvgIpc) is 3.16. The number of fused-ring (bicyclic) bond motifs is 1. The number of amides is 1. The first kappa shape index (κ1) is 25.9. The molecule has 3 rings (SSSR count). The van der Waals surface area contributed by atoms with E-state index in [1.165, 1.54) is 12.1 Å². The number of benzene rings is 1. The average molecular weight is 542 g/mol. The number of guanidine groups is 1. The molecule has 0 saturated carbocycles. The van der Waals surface area contributed by atoms with Gasteiger partial charge in [0.05, 0.1) is 0 Å². The number of anilines is 1. The topological polar surface area (TPSA) is 60.0 Å². The number of nitrogens with one attached hydrogen (secondary N) is 2. The van der Waals surface area contributed by atoms with Crippen LogP contribution in [-0.2, 0) is 11.2 Å². The monoisotopic (exact) mass is 541 g/mol. The fourth-order valence-corrected chi connectivity index (χ4v) is 4.44. The van der Waals surface area contributed by atoms with Gasteiger partial charge < -0.3 is 20.4 Å². The number of nitrogens with zero attached hydrogens (tertiary/aromatic N) is 3. The Hall–Kier alpha value is -1.35. The van der Waals surface area contributed by atoms with Crippen LogP contribution in [-0.4, -0.2) is 62.1 Å². The molecule has 7 heteroatoms. The molecule has 1 amide bonds. The lowest BCUT2D eigenvalue weighted by Gasteiger charge is -2.34. The van der Waals surface area contributed by atoms with Gasteiger partial charge in [0.25, 0.3) is 0 Å². The Morgan fingerprint density at radius 3 is 2.65 bits per heavy atom. The summed E-state index contributed by atoms with van der Waals surface area (Å²) in [5.41, 5.74) is 2.37. The molecule has 2 aliphatic rings. The van der Waals surface area contributed by atoms with Gasteiger partial charge in [-0.3, -0.25) is 9.79 Å². The largest absolute Gasteiger partial charge is 0.357 e. The highest BCUT2D eigenvalue weighted by Gasteiger charge is 2.23. The summed E-state index contributed by atoms with van der Waals surface area (Å²) in [6.45, 7) is 12.5. The summed E-state index contributed by atoms with van der Waals surface area (Å²) in [6, 6.07) is 8.71. The Morgan fingerprint density at radius 2 is 1.94 bits per heavy atom. The van der Waals surface area contributed by atoms with Crippen molar-refractivity contribution in [2.75, 3.05) is 44.2 Å². The molecule has 1 saturated heterocycles. The molecule has 174 valence electrons. The third-order valence-corrected chi connectivity index (χ3v) is 5.90. The van der Waals surface area contributed by atoms with Crippen LogP contribution >= 0.6 is 24.0 Å². The summed E-state index contributed by atoms with van der Waals surface area (Å²) in [7, 11) is 0. The van der Waals surface area contributed by atoms with Crippen molar-refractivity contribution in [1.29, 1.82) is 0 Å². The molecule has 6 nitrogen and oxygen atoms in total. The summed E-state index contributed by atoms with van der Waals surface area (Å²) >= 11 is 0. The molecule has 0 unspecified atom stereocenters. The zero-order valence-electron chi connectivity index (χ0n) is 19.4. The molecule has 0 radical (unpaired) electrons. The van der Waals surface area contributed by atoms with Gasteiger partial charge in [-0.05, 0) is 50.2 Å². The first-order valence-electron chi connectivity index (χ1n) is 11.7. The number of likely N-dealkylation sites (tertiary alicyclic amines) is 1. The van der Waals surface area contributed by atoms with Crippen LogP contribution in [0.5, 0.6) is 0 Å². The van der Waals surface area contributed by atoms with E-state index in [0.29, 0.717) is 19.0 Å². The molecule has 0 aliphatic carbocycles. The number of halogens is 1. The molecule has 1 aromatic rings. The smallest absolute Gasteiger partial charge is 0.227 e. The number of piperidine rings is 1. The fourth-order valence-electron chi connectivity index (χ4n) is 4.44. The molecule has 0 atom stereocenters. The fraction of sp³-hybridized carbons (Fsp3) is 0.667. The molecule has 0 bridgehead atoms. The number of aliphatic imine (C=N–C) groups is 1. The van der Waals surface area contributed by atoms with E-state index >= 15 is 0 Å². The van der Waals surface area contributed by atoms with Crippen molar-refractivity contribution in [3.8, 4) is 0 Å². The van der Waals surface area contributed by atoms with Crippen molar-refractivity contribution in [3.05, 3.63) is 29.8 Å². The van der Waals surface area contributed by atoms with Gasteiger partial charge in [0.15, 0.2) is 5.96 Å². The van der Waals surface area contributed by atoms with Crippen LogP contribution in [0.3, 0.4) is 0 Å². The molecule has 31 heavy (non-hydrogen) atoms. The van der Waals surface area contributed by atoms with Gasteiger partial charge in [0, 0.05) is 57.4 Å². The number of para-hydroxylation sites is 1. The van der Waals surface area contributed by atoms with E-state index in [0.717, 1.165) is 69.4 Å². The second-order valence-corrected chi connectivity index (χ2v) is 8.90. The molecule has 0 spiro atoms. The molecule has 2 aliphatic heterocycles. The van der Waals surface area contributed by atoms with E-state index < -0.39 is 0 Å². The summed E-state index contributed by atoms with van der Waals surface area (Å²) < 4.78 is 0. The molecular formula is C24H40IN5O. The highest BCUT2D eigenvalue weighted by Crippen LogP contribution is 2.28. The first-order valence-corrected chi connectivity index (χ1v) is 11.7. The number of hydrogen-bond donors (Lipinski definition) is 2. The highest BCUT2D eigenvalue weighted by atomic mass is 127. The highest BCUT2D eigenvalue weighted by molar-refractivity contribution is 14.0. The molecule has 0 aromatic heterocycles. The van der Waals surface area contributed by atoms with E-state index in [9.17, 15) is 4.79 Å². The van der Waals surface area contributed by atoms with Crippen molar-refractivity contribution in [2.45, 2.75) is 58.9 Å². The second kappa shape index (κ2) is 13.3. The van der Waals surface area contributed by atoms with Gasteiger partial charge in [0.1, 0.15) is 0 Å². The van der Waals surface area contributed by atoms with Gasteiger partial charge in [0.2, 0.25) is 5.91 Å². The van der Waals surface area contributed by atoms with Crippen LogP contribution < -0.4 is 15.5 Å². The summed E-state index contributed by atoms with van der Waals surface area (Å²) in [5.74, 6) is 1.83. The Morgan fingerprint density at radius 1 is 1.19 bits per heavy atom. The van der Waals surface area contributed by atoms with Crippen LogP contribution in [0.15, 0.2) is 29.3 Å². The van der Waals surface area contributed by atoms with Crippen molar-refractivity contribution in [3.63, 3.8) is 0 Å². The Labute approximate surface area is 205 Å². The third kappa shape index (κ3) is 7.93. The van der Waals surface area contributed by atoms with Gasteiger partial charge >= 0.3 is 0 Å². The zero-order valence-corrected chi connectivity index (χ0v) is 21.7. The number of rotatable bonds is 8. The van der Waals surface area contributed by atoms with E-state index in [1.807, 2.05) is 17.0 Å². The lowest BCUT2D eigenvalue weighted by Crippen LogP contribution is -2.49. The van der Waals surface area contributed by atoms with Gasteiger partial charge in [-0.1, -0.05) is 32.0 Å². The first-order chi connectivity index (χ1) is 14.6. The van der Waals surface area contributed by atoms with Crippen molar-refractivity contribution in [2.24, 2.45) is 10.9 Å². The summed E-state index contributed by atoms with van der Waals surface area (Å²) in [6.07, 6.45) is 4.60.